The van der Waals surface area contributed by atoms with E-state index in [1.54, 1.807) is 13.0 Å². The van der Waals surface area contributed by atoms with Crippen LogP contribution in [0.25, 0.3) is 11.9 Å². The number of hydrogen-bond donors (Lipinski definition) is 1. The van der Waals surface area contributed by atoms with E-state index in [1.807, 2.05) is 37.5 Å². The molecule has 2 heterocycles. The number of nitrogens with one attached hydrogen (secondary N) is 1. The number of ether oxygens (including phenoxy) is 1. The van der Waals surface area contributed by atoms with Crippen LogP contribution in [0.4, 0.5) is 0 Å². The van der Waals surface area contributed by atoms with Crippen molar-refractivity contribution < 1.29 is 18.8 Å². The molecule has 0 aromatic carbocycles. The molecule has 134 valence electrons. The SMILES string of the molecule is CCNC(=O)[C@H](C)OC(=O)/C=C/c1cc(C)n(-c2cc(C)on2)c1C. The van der Waals surface area contributed by atoms with Gasteiger partial charge in [0.1, 0.15) is 5.76 Å². The number of aryl methyl sites for hydroxylation is 2. The normalized spacial score (nSPS) is 12.4. The van der Waals surface area contributed by atoms with E-state index < -0.39 is 12.1 Å². The topological polar surface area (TPSA) is 86.4 Å². The minimum absolute atomic E-state index is 0.316. The zero-order chi connectivity index (χ0) is 18.6. The lowest BCUT2D eigenvalue weighted by Gasteiger charge is -2.10. The number of esters is 1. The quantitative estimate of drug-likeness (QED) is 0.642. The van der Waals surface area contributed by atoms with Crippen LogP contribution < -0.4 is 5.32 Å². The standard InChI is InChI=1S/C18H23N3O4/c1-6-19-18(23)14(5)24-17(22)8-7-15-9-11(2)21(13(15)4)16-10-12(3)25-20-16/h7-10,14H,6H2,1-5H3,(H,19,23)/b8-7+/t14-/m0/s1. The molecule has 0 aliphatic rings. The van der Waals surface area contributed by atoms with Crippen molar-refractivity contribution in [2.45, 2.75) is 40.7 Å². The van der Waals surface area contributed by atoms with E-state index in [9.17, 15) is 9.59 Å². The van der Waals surface area contributed by atoms with Crippen molar-refractivity contribution in [2.24, 2.45) is 0 Å². The number of aromatic nitrogens is 2. The summed E-state index contributed by atoms with van der Waals surface area (Å²) >= 11 is 0. The van der Waals surface area contributed by atoms with E-state index in [2.05, 4.69) is 10.5 Å². The zero-order valence-electron chi connectivity index (χ0n) is 15.1. The molecule has 0 saturated carbocycles. The smallest absolute Gasteiger partial charge is 0.331 e. The molecule has 0 aliphatic heterocycles. The number of carbonyl (C=O) groups excluding carboxylic acids is 2. The van der Waals surface area contributed by atoms with Gasteiger partial charge in [-0.3, -0.25) is 9.36 Å². The third-order valence-electron chi connectivity index (χ3n) is 3.73. The first kappa shape index (κ1) is 18.5. The molecule has 1 N–H and O–H groups in total. The van der Waals surface area contributed by atoms with Crippen molar-refractivity contribution in [3.8, 4) is 5.82 Å². The van der Waals surface area contributed by atoms with Crippen molar-refractivity contribution in [2.75, 3.05) is 6.54 Å². The monoisotopic (exact) mass is 345 g/mol. The van der Waals surface area contributed by atoms with Crippen molar-refractivity contribution in [3.05, 3.63) is 40.9 Å². The lowest BCUT2D eigenvalue weighted by Crippen LogP contribution is -2.35. The van der Waals surface area contributed by atoms with Crippen LogP contribution in [-0.2, 0) is 14.3 Å². The highest BCUT2D eigenvalue weighted by Gasteiger charge is 2.16. The van der Waals surface area contributed by atoms with E-state index in [4.69, 9.17) is 9.26 Å². The summed E-state index contributed by atoms with van der Waals surface area (Å²) in [6, 6.07) is 3.78. The summed E-state index contributed by atoms with van der Waals surface area (Å²) < 4.78 is 12.1. The van der Waals surface area contributed by atoms with Gasteiger partial charge in [-0.15, -0.1) is 0 Å². The molecule has 0 saturated heterocycles. The lowest BCUT2D eigenvalue weighted by atomic mass is 10.2. The fraction of sp³-hybridized carbons (Fsp3) is 0.389. The molecule has 0 spiro atoms. The molecule has 2 aromatic heterocycles. The predicted octanol–water partition coefficient (Wildman–Crippen LogP) is 2.47. The van der Waals surface area contributed by atoms with Crippen LogP contribution in [0.15, 0.2) is 22.7 Å². The first-order chi connectivity index (χ1) is 11.8. The Hall–Kier alpha value is -2.83. The maximum Gasteiger partial charge on any atom is 0.331 e. The van der Waals surface area contributed by atoms with Crippen molar-refractivity contribution in [3.63, 3.8) is 0 Å². The van der Waals surface area contributed by atoms with E-state index in [1.165, 1.54) is 13.0 Å². The first-order valence-corrected chi connectivity index (χ1v) is 8.12. The highest BCUT2D eigenvalue weighted by atomic mass is 16.5. The van der Waals surface area contributed by atoms with Crippen LogP contribution in [0.1, 0.15) is 36.6 Å². The van der Waals surface area contributed by atoms with Gasteiger partial charge < -0.3 is 14.6 Å². The summed E-state index contributed by atoms with van der Waals surface area (Å²) in [5.74, 6) is 0.534. The molecule has 1 amide bonds. The third-order valence-corrected chi connectivity index (χ3v) is 3.73. The first-order valence-electron chi connectivity index (χ1n) is 8.12. The van der Waals surface area contributed by atoms with Crippen LogP contribution in [-0.4, -0.2) is 34.2 Å². The van der Waals surface area contributed by atoms with Crippen LogP contribution >= 0.6 is 0 Å². The molecule has 25 heavy (non-hydrogen) atoms. The van der Waals surface area contributed by atoms with Crippen LogP contribution in [0.3, 0.4) is 0 Å². The van der Waals surface area contributed by atoms with Gasteiger partial charge in [0.25, 0.3) is 5.91 Å². The van der Waals surface area contributed by atoms with Crippen LogP contribution in [0, 0.1) is 20.8 Å². The maximum atomic E-state index is 11.9. The van der Waals surface area contributed by atoms with Gasteiger partial charge in [-0.1, -0.05) is 5.16 Å². The second-order valence-corrected chi connectivity index (χ2v) is 5.76. The largest absolute Gasteiger partial charge is 0.449 e. The second kappa shape index (κ2) is 7.83. The van der Waals surface area contributed by atoms with Gasteiger partial charge in [0.2, 0.25) is 0 Å². The number of nitrogens with zero attached hydrogens (tertiary/aromatic N) is 2. The summed E-state index contributed by atoms with van der Waals surface area (Å²) in [6.07, 6.45) is 2.15. The van der Waals surface area contributed by atoms with Crippen LogP contribution in [0.5, 0.6) is 0 Å². The summed E-state index contributed by atoms with van der Waals surface area (Å²) in [5.41, 5.74) is 2.75. The lowest BCUT2D eigenvalue weighted by molar-refractivity contribution is -0.150. The molecule has 0 fully saturated rings. The Labute approximate surface area is 146 Å². The molecule has 7 heteroatoms. The van der Waals surface area contributed by atoms with Gasteiger partial charge in [0, 0.05) is 30.1 Å². The minimum Gasteiger partial charge on any atom is -0.449 e. The van der Waals surface area contributed by atoms with Crippen LogP contribution in [0.2, 0.25) is 0 Å². The third kappa shape index (κ3) is 4.37. The van der Waals surface area contributed by atoms with E-state index >= 15 is 0 Å². The average Bonchev–Trinajstić information content (AvgIpc) is 3.08. The fourth-order valence-corrected chi connectivity index (χ4v) is 2.51. The van der Waals surface area contributed by atoms with Crippen molar-refractivity contribution in [1.29, 1.82) is 0 Å². The molecule has 0 bridgehead atoms. The second-order valence-electron chi connectivity index (χ2n) is 5.76. The van der Waals surface area contributed by atoms with E-state index in [0.717, 1.165) is 22.7 Å². The molecule has 2 rings (SSSR count). The number of rotatable bonds is 6. The van der Waals surface area contributed by atoms with Gasteiger partial charge in [0.05, 0.1) is 0 Å². The molecule has 2 aromatic rings. The van der Waals surface area contributed by atoms with E-state index in [-0.39, 0.29) is 5.91 Å². The average molecular weight is 345 g/mol. The van der Waals surface area contributed by atoms with Gasteiger partial charge in [0.15, 0.2) is 11.9 Å². The highest BCUT2D eigenvalue weighted by molar-refractivity contribution is 5.90. The fourth-order valence-electron chi connectivity index (χ4n) is 2.51. The Morgan fingerprint density at radius 2 is 2.08 bits per heavy atom. The minimum atomic E-state index is -0.831. The van der Waals surface area contributed by atoms with Crippen molar-refractivity contribution >= 4 is 18.0 Å². The summed E-state index contributed by atoms with van der Waals surface area (Å²) in [4.78, 5) is 23.5. The number of amides is 1. The molecule has 1 atom stereocenters. The Balaban J connectivity index is 2.11. The van der Waals surface area contributed by atoms with Gasteiger partial charge in [-0.05, 0) is 52.3 Å². The molecule has 7 nitrogen and oxygen atoms in total. The van der Waals surface area contributed by atoms with Gasteiger partial charge >= 0.3 is 5.97 Å². The predicted molar refractivity (Wildman–Crippen MR) is 93.3 cm³/mol. The maximum absolute atomic E-state index is 11.9. The van der Waals surface area contributed by atoms with E-state index in [0.29, 0.717) is 12.4 Å². The summed E-state index contributed by atoms with van der Waals surface area (Å²) in [5, 5.41) is 6.63. The molecule has 0 aliphatic carbocycles. The molecule has 0 radical (unpaired) electrons. The summed E-state index contributed by atoms with van der Waals surface area (Å²) in [7, 11) is 0. The number of hydrogen-bond acceptors (Lipinski definition) is 5. The molecular weight excluding hydrogens is 322 g/mol. The van der Waals surface area contributed by atoms with Gasteiger partial charge in [-0.25, -0.2) is 4.79 Å². The van der Waals surface area contributed by atoms with Crippen molar-refractivity contribution in [1.82, 2.24) is 15.0 Å². The zero-order valence-corrected chi connectivity index (χ0v) is 15.1. The van der Waals surface area contributed by atoms with Gasteiger partial charge in [-0.2, -0.15) is 0 Å². The Kier molecular flexibility index (Phi) is 5.80. The number of likely N-dealkylation sites (N-methyl/N-ethyl adjacent to an activating group) is 1. The number of carbonyl (C=O) groups is 2. The summed E-state index contributed by atoms with van der Waals surface area (Å²) in [6.45, 7) is 9.54. The Bertz CT molecular complexity index is 801. The Morgan fingerprint density at radius 1 is 1.36 bits per heavy atom. The molecule has 0 unspecified atom stereocenters. The highest BCUT2D eigenvalue weighted by Crippen LogP contribution is 2.21. The Morgan fingerprint density at radius 3 is 2.68 bits per heavy atom. The molecular formula is C18H23N3O4.